The SMILES string of the molecule is Cc1occc1C(=O)N[C@H](c1nc(C(C)C)no1)C1CCOCC1. The average Bonchev–Trinajstić information content (AvgIpc) is 3.22. The molecular formula is C17H23N3O4. The second kappa shape index (κ2) is 7.17. The Balaban J connectivity index is 1.83. The Bertz CT molecular complexity index is 686. The Morgan fingerprint density at radius 2 is 2.08 bits per heavy atom. The molecule has 3 heterocycles. The molecule has 0 spiro atoms. The molecule has 0 unspecified atom stereocenters. The second-order valence-corrected chi connectivity index (χ2v) is 6.44. The fourth-order valence-corrected chi connectivity index (χ4v) is 2.88. The molecule has 0 bridgehead atoms. The van der Waals surface area contributed by atoms with Gasteiger partial charge in [0.1, 0.15) is 11.8 Å². The summed E-state index contributed by atoms with van der Waals surface area (Å²) in [6.07, 6.45) is 3.20. The van der Waals surface area contributed by atoms with Crippen molar-refractivity contribution in [2.75, 3.05) is 13.2 Å². The minimum Gasteiger partial charge on any atom is -0.469 e. The third-order valence-corrected chi connectivity index (χ3v) is 4.37. The van der Waals surface area contributed by atoms with E-state index < -0.39 is 0 Å². The molecule has 3 rings (SSSR count). The topological polar surface area (TPSA) is 90.4 Å². The maximum Gasteiger partial charge on any atom is 0.255 e. The van der Waals surface area contributed by atoms with Gasteiger partial charge < -0.3 is 19.0 Å². The smallest absolute Gasteiger partial charge is 0.255 e. The van der Waals surface area contributed by atoms with Gasteiger partial charge in [0.15, 0.2) is 5.82 Å². The van der Waals surface area contributed by atoms with E-state index in [0.717, 1.165) is 12.8 Å². The molecular weight excluding hydrogens is 310 g/mol. The summed E-state index contributed by atoms with van der Waals surface area (Å²) in [6, 6.07) is 1.34. The van der Waals surface area contributed by atoms with E-state index in [0.29, 0.717) is 36.3 Å². The number of carbonyl (C=O) groups is 1. The maximum atomic E-state index is 12.6. The lowest BCUT2D eigenvalue weighted by molar-refractivity contribution is 0.0467. The fourth-order valence-electron chi connectivity index (χ4n) is 2.88. The summed E-state index contributed by atoms with van der Waals surface area (Å²) in [7, 11) is 0. The number of furan rings is 1. The summed E-state index contributed by atoms with van der Waals surface area (Å²) < 4.78 is 16.1. The van der Waals surface area contributed by atoms with Crippen molar-refractivity contribution in [1.29, 1.82) is 0 Å². The zero-order valence-corrected chi connectivity index (χ0v) is 14.2. The first-order chi connectivity index (χ1) is 11.6. The van der Waals surface area contributed by atoms with Crippen LogP contribution in [0.1, 0.15) is 66.5 Å². The molecule has 2 aromatic rings. The van der Waals surface area contributed by atoms with Crippen molar-refractivity contribution >= 4 is 5.91 Å². The molecule has 1 atom stereocenters. The van der Waals surface area contributed by atoms with Crippen LogP contribution in [0.5, 0.6) is 0 Å². The quantitative estimate of drug-likeness (QED) is 0.904. The summed E-state index contributed by atoms with van der Waals surface area (Å²) in [4.78, 5) is 17.1. The van der Waals surface area contributed by atoms with Crippen molar-refractivity contribution in [2.24, 2.45) is 5.92 Å². The predicted octanol–water partition coefficient (Wildman–Crippen LogP) is 2.99. The molecule has 1 aliphatic rings. The molecule has 0 radical (unpaired) electrons. The number of rotatable bonds is 5. The molecule has 24 heavy (non-hydrogen) atoms. The van der Waals surface area contributed by atoms with Crippen LogP contribution in [0.2, 0.25) is 0 Å². The Morgan fingerprint density at radius 1 is 1.33 bits per heavy atom. The highest BCUT2D eigenvalue weighted by Gasteiger charge is 2.32. The van der Waals surface area contributed by atoms with Gasteiger partial charge in [-0.3, -0.25) is 4.79 Å². The summed E-state index contributed by atoms with van der Waals surface area (Å²) >= 11 is 0. The first kappa shape index (κ1) is 16.7. The van der Waals surface area contributed by atoms with E-state index >= 15 is 0 Å². The second-order valence-electron chi connectivity index (χ2n) is 6.44. The van der Waals surface area contributed by atoms with Gasteiger partial charge in [0.2, 0.25) is 5.89 Å². The van der Waals surface area contributed by atoms with Crippen LogP contribution in [0.25, 0.3) is 0 Å². The Morgan fingerprint density at radius 3 is 2.67 bits per heavy atom. The highest BCUT2D eigenvalue weighted by atomic mass is 16.5. The summed E-state index contributed by atoms with van der Waals surface area (Å²) in [5.74, 6) is 1.88. The predicted molar refractivity (Wildman–Crippen MR) is 85.6 cm³/mol. The third kappa shape index (κ3) is 3.51. The summed E-state index contributed by atoms with van der Waals surface area (Å²) in [5.41, 5.74) is 0.524. The molecule has 0 aromatic carbocycles. The van der Waals surface area contributed by atoms with Crippen molar-refractivity contribution < 1.29 is 18.5 Å². The van der Waals surface area contributed by atoms with Gasteiger partial charge in [0.05, 0.1) is 11.8 Å². The van der Waals surface area contributed by atoms with Crippen LogP contribution < -0.4 is 5.32 Å². The van der Waals surface area contributed by atoms with Gasteiger partial charge in [-0.05, 0) is 31.7 Å². The number of hydrogen-bond donors (Lipinski definition) is 1. The molecule has 1 saturated heterocycles. The molecule has 1 fully saturated rings. The number of nitrogens with one attached hydrogen (secondary N) is 1. The fraction of sp³-hybridized carbons (Fsp3) is 0.588. The van der Waals surface area contributed by atoms with Gasteiger partial charge in [0.25, 0.3) is 5.91 Å². The van der Waals surface area contributed by atoms with Gasteiger partial charge in [-0.2, -0.15) is 4.98 Å². The summed E-state index contributed by atoms with van der Waals surface area (Å²) in [6.45, 7) is 7.12. The van der Waals surface area contributed by atoms with Crippen molar-refractivity contribution in [3.8, 4) is 0 Å². The van der Waals surface area contributed by atoms with E-state index in [1.54, 1.807) is 13.0 Å². The number of amides is 1. The van der Waals surface area contributed by atoms with Crippen LogP contribution in [0.15, 0.2) is 21.3 Å². The number of ether oxygens (including phenoxy) is 1. The Hall–Kier alpha value is -2.15. The lowest BCUT2D eigenvalue weighted by atomic mass is 9.91. The number of nitrogens with zero attached hydrogens (tertiary/aromatic N) is 2. The first-order valence-electron chi connectivity index (χ1n) is 8.32. The Kier molecular flexibility index (Phi) is 4.99. The standard InChI is InChI=1S/C17H23N3O4/c1-10(2)15-19-17(24-20-15)14(12-4-7-22-8-5-12)18-16(21)13-6-9-23-11(13)3/h6,9-10,12,14H,4-5,7-8H2,1-3H3,(H,18,21)/t14-/m0/s1. The molecule has 0 aliphatic carbocycles. The third-order valence-electron chi connectivity index (χ3n) is 4.37. The van der Waals surface area contributed by atoms with Gasteiger partial charge in [-0.15, -0.1) is 0 Å². The molecule has 0 saturated carbocycles. The highest BCUT2D eigenvalue weighted by Crippen LogP contribution is 2.30. The van der Waals surface area contributed by atoms with Gasteiger partial charge >= 0.3 is 0 Å². The maximum absolute atomic E-state index is 12.6. The van der Waals surface area contributed by atoms with E-state index in [-0.39, 0.29) is 23.8 Å². The molecule has 7 nitrogen and oxygen atoms in total. The van der Waals surface area contributed by atoms with Crippen LogP contribution in [-0.2, 0) is 4.74 Å². The average molecular weight is 333 g/mol. The van der Waals surface area contributed by atoms with Crippen molar-refractivity contribution in [3.63, 3.8) is 0 Å². The van der Waals surface area contributed by atoms with Crippen molar-refractivity contribution in [2.45, 2.75) is 45.6 Å². The monoisotopic (exact) mass is 333 g/mol. The van der Waals surface area contributed by atoms with E-state index in [9.17, 15) is 4.79 Å². The molecule has 1 N–H and O–H groups in total. The van der Waals surface area contributed by atoms with E-state index in [1.165, 1.54) is 6.26 Å². The zero-order valence-electron chi connectivity index (χ0n) is 14.2. The van der Waals surface area contributed by atoms with Gasteiger partial charge in [0, 0.05) is 19.1 Å². The minimum absolute atomic E-state index is 0.171. The van der Waals surface area contributed by atoms with Gasteiger partial charge in [-0.25, -0.2) is 0 Å². The molecule has 1 aliphatic heterocycles. The van der Waals surface area contributed by atoms with Crippen LogP contribution in [0, 0.1) is 12.8 Å². The number of aryl methyl sites for hydroxylation is 1. The molecule has 1 amide bonds. The van der Waals surface area contributed by atoms with E-state index in [4.69, 9.17) is 13.7 Å². The van der Waals surface area contributed by atoms with Crippen molar-refractivity contribution in [1.82, 2.24) is 15.5 Å². The molecule has 2 aromatic heterocycles. The molecule has 130 valence electrons. The number of carbonyl (C=O) groups excluding carboxylic acids is 1. The lowest BCUT2D eigenvalue weighted by Crippen LogP contribution is -2.36. The highest BCUT2D eigenvalue weighted by molar-refractivity contribution is 5.95. The Labute approximate surface area is 140 Å². The normalized spacial score (nSPS) is 17.2. The van der Waals surface area contributed by atoms with Crippen molar-refractivity contribution in [3.05, 3.63) is 35.4 Å². The summed E-state index contributed by atoms with van der Waals surface area (Å²) in [5, 5.41) is 7.08. The van der Waals surface area contributed by atoms with E-state index in [2.05, 4.69) is 15.5 Å². The van der Waals surface area contributed by atoms with Crippen LogP contribution in [0.4, 0.5) is 0 Å². The minimum atomic E-state index is -0.323. The van der Waals surface area contributed by atoms with Crippen LogP contribution in [0.3, 0.4) is 0 Å². The number of hydrogen-bond acceptors (Lipinski definition) is 6. The number of aromatic nitrogens is 2. The van der Waals surface area contributed by atoms with Crippen LogP contribution >= 0.6 is 0 Å². The van der Waals surface area contributed by atoms with Crippen LogP contribution in [-0.4, -0.2) is 29.3 Å². The lowest BCUT2D eigenvalue weighted by Gasteiger charge is -2.28. The zero-order chi connectivity index (χ0) is 17.1. The largest absolute Gasteiger partial charge is 0.469 e. The van der Waals surface area contributed by atoms with Gasteiger partial charge in [-0.1, -0.05) is 19.0 Å². The first-order valence-corrected chi connectivity index (χ1v) is 8.32. The van der Waals surface area contributed by atoms with E-state index in [1.807, 2.05) is 13.8 Å². The molecule has 7 heteroatoms.